The van der Waals surface area contributed by atoms with Crippen LogP contribution >= 0.6 is 11.8 Å². The van der Waals surface area contributed by atoms with E-state index in [1.807, 2.05) is 0 Å². The molecule has 0 aliphatic heterocycles. The first kappa shape index (κ1) is 16.4. The number of amides is 1. The molecule has 2 rings (SSSR count). The maximum atomic E-state index is 11.8. The number of nitrogens with one attached hydrogen (secondary N) is 1. The Labute approximate surface area is 134 Å². The lowest BCUT2D eigenvalue weighted by Crippen LogP contribution is -2.18. The summed E-state index contributed by atoms with van der Waals surface area (Å²) in [6, 6.07) is 10.0. The topological polar surface area (TPSA) is 115 Å². The standard InChI is InChI=1S/C14H11N3O5S/c1-15-14(18)10-4-2-3-5-12(10)23-13-7-6-9(16(19)20)8-11(13)17(21)22/h2-8H,1H3,(H,15,18). The average molecular weight is 333 g/mol. The van der Waals surface area contributed by atoms with Crippen molar-refractivity contribution in [3.63, 3.8) is 0 Å². The zero-order valence-electron chi connectivity index (χ0n) is 11.9. The second kappa shape index (κ2) is 6.88. The minimum Gasteiger partial charge on any atom is -0.355 e. The van der Waals surface area contributed by atoms with Crippen LogP contribution in [0.4, 0.5) is 11.4 Å². The SMILES string of the molecule is CNC(=O)c1ccccc1Sc1ccc([N+](=O)[O-])cc1[N+](=O)[O-]. The summed E-state index contributed by atoms with van der Waals surface area (Å²) in [6.45, 7) is 0. The Balaban J connectivity index is 2.47. The van der Waals surface area contributed by atoms with Gasteiger partial charge in [-0.2, -0.15) is 0 Å². The molecule has 0 aliphatic carbocycles. The molecule has 1 N–H and O–H groups in total. The molecule has 8 nitrogen and oxygen atoms in total. The monoisotopic (exact) mass is 333 g/mol. The number of nitro benzene ring substituents is 2. The Morgan fingerprint density at radius 3 is 2.35 bits per heavy atom. The predicted molar refractivity (Wildman–Crippen MR) is 83.7 cm³/mol. The number of hydrogen-bond acceptors (Lipinski definition) is 6. The largest absolute Gasteiger partial charge is 0.355 e. The smallest absolute Gasteiger partial charge is 0.290 e. The van der Waals surface area contributed by atoms with Gasteiger partial charge in [-0.15, -0.1) is 0 Å². The number of benzene rings is 2. The first-order valence-electron chi connectivity index (χ1n) is 6.36. The third-order valence-corrected chi connectivity index (χ3v) is 4.07. The second-order valence-corrected chi connectivity index (χ2v) is 5.43. The number of hydrogen-bond donors (Lipinski definition) is 1. The van der Waals surface area contributed by atoms with Crippen LogP contribution in [0.5, 0.6) is 0 Å². The molecule has 0 atom stereocenters. The first-order valence-corrected chi connectivity index (χ1v) is 7.17. The van der Waals surface area contributed by atoms with E-state index in [9.17, 15) is 25.0 Å². The molecule has 0 unspecified atom stereocenters. The number of nitrogens with zero attached hydrogens (tertiary/aromatic N) is 2. The maximum Gasteiger partial charge on any atom is 0.290 e. The molecule has 23 heavy (non-hydrogen) atoms. The van der Waals surface area contributed by atoms with Gasteiger partial charge >= 0.3 is 0 Å². The lowest BCUT2D eigenvalue weighted by atomic mass is 10.2. The molecule has 118 valence electrons. The van der Waals surface area contributed by atoms with Gasteiger partial charge in [-0.3, -0.25) is 25.0 Å². The van der Waals surface area contributed by atoms with E-state index in [0.29, 0.717) is 10.5 Å². The highest BCUT2D eigenvalue weighted by Gasteiger charge is 2.21. The molecule has 0 saturated carbocycles. The van der Waals surface area contributed by atoms with E-state index in [2.05, 4.69) is 5.32 Å². The van der Waals surface area contributed by atoms with Crippen molar-refractivity contribution in [2.75, 3.05) is 7.05 Å². The molecular weight excluding hydrogens is 322 g/mol. The van der Waals surface area contributed by atoms with Gasteiger partial charge in [0.05, 0.1) is 26.4 Å². The predicted octanol–water partition coefficient (Wildman–Crippen LogP) is 3.01. The van der Waals surface area contributed by atoms with Crippen molar-refractivity contribution in [1.82, 2.24) is 5.32 Å². The Bertz CT molecular complexity index is 794. The molecule has 0 aliphatic rings. The molecule has 0 aromatic heterocycles. The summed E-state index contributed by atoms with van der Waals surface area (Å²) in [7, 11) is 1.48. The summed E-state index contributed by atoms with van der Waals surface area (Å²) in [6.07, 6.45) is 0. The minimum absolute atomic E-state index is 0.219. The summed E-state index contributed by atoms with van der Waals surface area (Å²) < 4.78 is 0. The molecule has 9 heteroatoms. The lowest BCUT2D eigenvalue weighted by Gasteiger charge is -2.08. The van der Waals surface area contributed by atoms with Crippen LogP contribution < -0.4 is 5.32 Å². The van der Waals surface area contributed by atoms with Crippen LogP contribution in [-0.4, -0.2) is 22.8 Å². The van der Waals surface area contributed by atoms with Gasteiger partial charge in [-0.05, 0) is 18.2 Å². The Kier molecular flexibility index (Phi) is 4.91. The second-order valence-electron chi connectivity index (χ2n) is 4.34. The fourth-order valence-electron chi connectivity index (χ4n) is 1.84. The van der Waals surface area contributed by atoms with Gasteiger partial charge in [0, 0.05) is 18.0 Å². The Morgan fingerprint density at radius 2 is 1.74 bits per heavy atom. The van der Waals surface area contributed by atoms with Crippen molar-refractivity contribution >= 4 is 29.0 Å². The molecular formula is C14H11N3O5S. The summed E-state index contributed by atoms with van der Waals surface area (Å²) in [5.74, 6) is -0.322. The van der Waals surface area contributed by atoms with Crippen LogP contribution in [0.15, 0.2) is 52.3 Å². The average Bonchev–Trinajstić information content (AvgIpc) is 2.54. The van der Waals surface area contributed by atoms with Crippen molar-refractivity contribution < 1.29 is 14.6 Å². The van der Waals surface area contributed by atoms with Gasteiger partial charge in [0.15, 0.2) is 0 Å². The number of non-ortho nitro benzene ring substituents is 1. The molecule has 2 aromatic rings. The third kappa shape index (κ3) is 3.64. The Morgan fingerprint density at radius 1 is 1.04 bits per heavy atom. The molecule has 0 radical (unpaired) electrons. The van der Waals surface area contributed by atoms with E-state index in [-0.39, 0.29) is 22.2 Å². The summed E-state index contributed by atoms with van der Waals surface area (Å²) in [5, 5.41) is 24.4. The highest BCUT2D eigenvalue weighted by Crippen LogP contribution is 2.38. The normalized spacial score (nSPS) is 10.1. The van der Waals surface area contributed by atoms with E-state index in [0.717, 1.165) is 17.8 Å². The van der Waals surface area contributed by atoms with Crippen molar-refractivity contribution in [3.05, 3.63) is 68.3 Å². The number of rotatable bonds is 5. The highest BCUT2D eigenvalue weighted by atomic mass is 32.2. The molecule has 1 amide bonds. The maximum absolute atomic E-state index is 11.8. The van der Waals surface area contributed by atoms with E-state index >= 15 is 0 Å². The number of carbonyl (C=O) groups excluding carboxylic acids is 1. The minimum atomic E-state index is -0.695. The number of nitro groups is 2. The summed E-state index contributed by atoms with van der Waals surface area (Å²) in [5.41, 5.74) is -0.371. The lowest BCUT2D eigenvalue weighted by molar-refractivity contribution is -0.396. The summed E-state index contributed by atoms with van der Waals surface area (Å²) in [4.78, 5) is 33.1. The quantitative estimate of drug-likeness (QED) is 0.664. The zero-order valence-corrected chi connectivity index (χ0v) is 12.7. The van der Waals surface area contributed by atoms with Crippen LogP contribution in [0.25, 0.3) is 0 Å². The van der Waals surface area contributed by atoms with Crippen LogP contribution in [0.3, 0.4) is 0 Å². The van der Waals surface area contributed by atoms with E-state index in [1.165, 1.54) is 19.2 Å². The molecule has 0 heterocycles. The van der Waals surface area contributed by atoms with Crippen molar-refractivity contribution in [3.8, 4) is 0 Å². The van der Waals surface area contributed by atoms with E-state index in [4.69, 9.17) is 0 Å². The van der Waals surface area contributed by atoms with Gasteiger partial charge < -0.3 is 5.32 Å². The fourth-order valence-corrected chi connectivity index (χ4v) is 2.87. The highest BCUT2D eigenvalue weighted by molar-refractivity contribution is 7.99. The molecule has 0 spiro atoms. The fraction of sp³-hybridized carbons (Fsp3) is 0.0714. The number of carbonyl (C=O) groups is 1. The van der Waals surface area contributed by atoms with E-state index < -0.39 is 9.85 Å². The van der Waals surface area contributed by atoms with Crippen LogP contribution in [0, 0.1) is 20.2 Å². The zero-order chi connectivity index (χ0) is 17.0. The van der Waals surface area contributed by atoms with Gasteiger partial charge in [-0.1, -0.05) is 23.9 Å². The van der Waals surface area contributed by atoms with Crippen molar-refractivity contribution in [2.45, 2.75) is 9.79 Å². The van der Waals surface area contributed by atoms with Crippen LogP contribution in [-0.2, 0) is 0 Å². The molecule has 0 bridgehead atoms. The van der Waals surface area contributed by atoms with Gasteiger partial charge in [0.2, 0.25) is 0 Å². The first-order chi connectivity index (χ1) is 10.9. The van der Waals surface area contributed by atoms with Crippen molar-refractivity contribution in [2.24, 2.45) is 0 Å². The van der Waals surface area contributed by atoms with Crippen LogP contribution in [0.1, 0.15) is 10.4 Å². The molecule has 0 saturated heterocycles. The van der Waals surface area contributed by atoms with Crippen LogP contribution in [0.2, 0.25) is 0 Å². The van der Waals surface area contributed by atoms with Gasteiger partial charge in [0.25, 0.3) is 17.3 Å². The summed E-state index contributed by atoms with van der Waals surface area (Å²) >= 11 is 1.01. The van der Waals surface area contributed by atoms with Crippen molar-refractivity contribution in [1.29, 1.82) is 0 Å². The van der Waals surface area contributed by atoms with Gasteiger partial charge in [0.1, 0.15) is 0 Å². The Hall–Kier alpha value is -2.94. The third-order valence-electron chi connectivity index (χ3n) is 2.93. The van der Waals surface area contributed by atoms with Gasteiger partial charge in [-0.25, -0.2) is 0 Å². The molecule has 0 fully saturated rings. The van der Waals surface area contributed by atoms with E-state index in [1.54, 1.807) is 24.3 Å². The molecule has 2 aromatic carbocycles.